The number of alkyl halides is 2. The Balaban J connectivity index is 1.61. The van der Waals surface area contributed by atoms with E-state index in [1.54, 1.807) is 18.2 Å². The maximum atomic E-state index is 14.5. The SMILES string of the molecule is CC/C=C\CC1CCC(c2ccc(C(F)(F)Oc3ccc(C#N)c(F)c3)cc2)CC1. The van der Waals surface area contributed by atoms with Crippen molar-refractivity contribution in [2.45, 2.75) is 57.5 Å². The molecular formula is C25H26F3NO. The van der Waals surface area contributed by atoms with Crippen molar-refractivity contribution in [3.63, 3.8) is 0 Å². The fourth-order valence-corrected chi connectivity index (χ4v) is 3.99. The van der Waals surface area contributed by atoms with Crippen molar-refractivity contribution in [2.75, 3.05) is 0 Å². The number of nitrogens with zero attached hydrogens (tertiary/aromatic N) is 1. The molecule has 0 unspecified atom stereocenters. The first-order valence-corrected chi connectivity index (χ1v) is 10.4. The van der Waals surface area contributed by atoms with Crippen LogP contribution < -0.4 is 4.74 Å². The average Bonchev–Trinajstić information content (AvgIpc) is 2.74. The van der Waals surface area contributed by atoms with Crippen LogP contribution in [0.1, 0.15) is 68.1 Å². The van der Waals surface area contributed by atoms with Crippen molar-refractivity contribution in [1.82, 2.24) is 0 Å². The van der Waals surface area contributed by atoms with Gasteiger partial charge < -0.3 is 4.74 Å². The molecule has 1 fully saturated rings. The number of nitriles is 1. The minimum atomic E-state index is -3.59. The molecule has 0 heterocycles. The van der Waals surface area contributed by atoms with E-state index < -0.39 is 11.9 Å². The monoisotopic (exact) mass is 413 g/mol. The number of rotatable bonds is 7. The molecule has 158 valence electrons. The first-order chi connectivity index (χ1) is 14.4. The summed E-state index contributed by atoms with van der Waals surface area (Å²) in [7, 11) is 0. The molecule has 0 amide bonds. The van der Waals surface area contributed by atoms with Gasteiger partial charge in [0, 0.05) is 6.07 Å². The highest BCUT2D eigenvalue weighted by molar-refractivity contribution is 5.37. The van der Waals surface area contributed by atoms with Crippen LogP contribution in [0.3, 0.4) is 0 Å². The molecule has 1 aliphatic carbocycles. The van der Waals surface area contributed by atoms with E-state index in [0.717, 1.165) is 62.3 Å². The Morgan fingerprint density at radius 3 is 2.37 bits per heavy atom. The van der Waals surface area contributed by atoms with Gasteiger partial charge in [-0.15, -0.1) is 0 Å². The van der Waals surface area contributed by atoms with Crippen molar-refractivity contribution >= 4 is 0 Å². The van der Waals surface area contributed by atoms with Gasteiger partial charge in [0.15, 0.2) is 0 Å². The molecule has 0 saturated heterocycles. The average molecular weight is 413 g/mol. The summed E-state index contributed by atoms with van der Waals surface area (Å²) in [5.41, 5.74) is 0.571. The van der Waals surface area contributed by atoms with Crippen molar-refractivity contribution in [3.05, 3.63) is 77.1 Å². The smallest absolute Gasteiger partial charge is 0.426 e. The first-order valence-electron chi connectivity index (χ1n) is 10.4. The highest BCUT2D eigenvalue weighted by Gasteiger charge is 2.35. The molecular weight excluding hydrogens is 387 g/mol. The lowest BCUT2D eigenvalue weighted by Crippen LogP contribution is -2.22. The quantitative estimate of drug-likeness (QED) is 0.442. The molecule has 2 nitrogen and oxygen atoms in total. The summed E-state index contributed by atoms with van der Waals surface area (Å²) >= 11 is 0. The van der Waals surface area contributed by atoms with E-state index in [1.807, 2.05) is 0 Å². The topological polar surface area (TPSA) is 33.0 Å². The molecule has 2 aromatic carbocycles. The molecule has 3 rings (SSSR count). The second-order valence-electron chi connectivity index (χ2n) is 7.83. The van der Waals surface area contributed by atoms with Gasteiger partial charge >= 0.3 is 6.11 Å². The Bertz CT molecular complexity index is 907. The van der Waals surface area contributed by atoms with Gasteiger partial charge in [-0.3, -0.25) is 0 Å². The van der Waals surface area contributed by atoms with E-state index in [1.165, 1.54) is 12.1 Å². The molecule has 1 aliphatic rings. The molecule has 0 N–H and O–H groups in total. The number of halogens is 3. The zero-order chi connectivity index (χ0) is 21.6. The third-order valence-electron chi connectivity index (χ3n) is 5.74. The van der Waals surface area contributed by atoms with E-state index in [0.29, 0.717) is 11.8 Å². The number of allylic oxidation sites excluding steroid dienone is 2. The second kappa shape index (κ2) is 9.84. The predicted octanol–water partition coefficient (Wildman–Crippen LogP) is 7.46. The van der Waals surface area contributed by atoms with E-state index >= 15 is 0 Å². The van der Waals surface area contributed by atoms with Gasteiger partial charge in [0.05, 0.1) is 11.1 Å². The highest BCUT2D eigenvalue weighted by Crippen LogP contribution is 2.38. The molecule has 0 atom stereocenters. The van der Waals surface area contributed by atoms with Crippen LogP contribution in [0.2, 0.25) is 0 Å². The molecule has 30 heavy (non-hydrogen) atoms. The van der Waals surface area contributed by atoms with E-state index in [2.05, 4.69) is 19.1 Å². The molecule has 0 bridgehead atoms. The molecule has 5 heteroatoms. The normalized spacial score (nSPS) is 19.6. The Hall–Kier alpha value is -2.74. The van der Waals surface area contributed by atoms with E-state index in [4.69, 9.17) is 10.00 Å². The predicted molar refractivity (Wildman–Crippen MR) is 111 cm³/mol. The number of hydrogen-bond acceptors (Lipinski definition) is 2. The van der Waals surface area contributed by atoms with Gasteiger partial charge in [0.25, 0.3) is 0 Å². The second-order valence-corrected chi connectivity index (χ2v) is 7.83. The van der Waals surface area contributed by atoms with Crippen LogP contribution in [0.15, 0.2) is 54.6 Å². The Morgan fingerprint density at radius 1 is 1.07 bits per heavy atom. The van der Waals surface area contributed by atoms with Crippen LogP contribution in [-0.4, -0.2) is 0 Å². The lowest BCUT2D eigenvalue weighted by molar-refractivity contribution is -0.185. The van der Waals surface area contributed by atoms with Gasteiger partial charge in [-0.1, -0.05) is 31.2 Å². The maximum Gasteiger partial charge on any atom is 0.426 e. The summed E-state index contributed by atoms with van der Waals surface area (Å²) in [6.45, 7) is 2.13. The van der Waals surface area contributed by atoms with Gasteiger partial charge in [-0.2, -0.15) is 14.0 Å². The van der Waals surface area contributed by atoms with Crippen LogP contribution in [0.5, 0.6) is 5.75 Å². The zero-order valence-corrected chi connectivity index (χ0v) is 17.1. The van der Waals surface area contributed by atoms with Gasteiger partial charge in [0.2, 0.25) is 0 Å². The molecule has 0 aromatic heterocycles. The van der Waals surface area contributed by atoms with E-state index in [-0.39, 0.29) is 16.9 Å². The van der Waals surface area contributed by atoms with Crippen molar-refractivity contribution in [1.29, 1.82) is 5.26 Å². The maximum absolute atomic E-state index is 14.5. The fraction of sp³-hybridized carbons (Fsp3) is 0.400. The number of hydrogen-bond donors (Lipinski definition) is 0. The Kier molecular flexibility index (Phi) is 7.20. The summed E-state index contributed by atoms with van der Waals surface area (Å²) in [6.07, 6.45) is 7.52. The largest absolute Gasteiger partial charge is 0.429 e. The Morgan fingerprint density at radius 2 is 1.77 bits per heavy atom. The summed E-state index contributed by atoms with van der Waals surface area (Å²) in [6, 6.07) is 11.0. The lowest BCUT2D eigenvalue weighted by Gasteiger charge is -2.28. The van der Waals surface area contributed by atoms with Crippen molar-refractivity contribution < 1.29 is 17.9 Å². The summed E-state index contributed by atoms with van der Waals surface area (Å²) in [5.74, 6) is -0.0977. The van der Waals surface area contributed by atoms with Crippen LogP contribution in [0.25, 0.3) is 0 Å². The molecule has 1 saturated carbocycles. The lowest BCUT2D eigenvalue weighted by atomic mass is 9.77. The van der Waals surface area contributed by atoms with Crippen LogP contribution in [0.4, 0.5) is 13.2 Å². The number of ether oxygens (including phenoxy) is 1. The molecule has 0 spiro atoms. The van der Waals surface area contributed by atoms with Gasteiger partial charge in [-0.25, -0.2) is 4.39 Å². The molecule has 2 aromatic rings. The van der Waals surface area contributed by atoms with Crippen molar-refractivity contribution in [2.24, 2.45) is 5.92 Å². The van der Waals surface area contributed by atoms with Gasteiger partial charge in [0.1, 0.15) is 17.6 Å². The third-order valence-corrected chi connectivity index (χ3v) is 5.74. The standard InChI is InChI=1S/C25H26F3NO/c1-2-3-4-5-18-6-8-19(9-7-18)20-10-13-22(14-11-20)25(27,28)30-23-15-12-21(17-29)24(26)16-23/h3-4,10-16,18-19H,2,5-9H2,1H3/b4-3-. The highest BCUT2D eigenvalue weighted by atomic mass is 19.3. The van der Waals surface area contributed by atoms with Crippen LogP contribution >= 0.6 is 0 Å². The Labute approximate surface area is 176 Å². The molecule has 0 radical (unpaired) electrons. The summed E-state index contributed by atoms with van der Waals surface area (Å²) < 4.78 is 47.4. The van der Waals surface area contributed by atoms with Gasteiger partial charge in [-0.05, 0) is 80.2 Å². The van der Waals surface area contributed by atoms with Crippen molar-refractivity contribution in [3.8, 4) is 11.8 Å². The minimum absolute atomic E-state index is 0.217. The zero-order valence-electron chi connectivity index (χ0n) is 17.1. The summed E-state index contributed by atoms with van der Waals surface area (Å²) in [5, 5.41) is 8.73. The minimum Gasteiger partial charge on any atom is -0.429 e. The first kappa shape index (κ1) is 22.0. The third kappa shape index (κ3) is 5.44. The van der Waals surface area contributed by atoms with Crippen LogP contribution in [-0.2, 0) is 6.11 Å². The summed E-state index contributed by atoms with van der Waals surface area (Å²) in [4.78, 5) is 0. The van der Waals surface area contributed by atoms with E-state index in [9.17, 15) is 13.2 Å². The molecule has 0 aliphatic heterocycles. The van der Waals surface area contributed by atoms with Crippen LogP contribution in [0, 0.1) is 23.1 Å². The number of benzene rings is 2. The fourth-order valence-electron chi connectivity index (χ4n) is 3.99.